The van der Waals surface area contributed by atoms with Crippen LogP contribution in [0.2, 0.25) is 0 Å². The average Bonchev–Trinajstić information content (AvgIpc) is 3.48. The van der Waals surface area contributed by atoms with Crippen molar-refractivity contribution in [2.24, 2.45) is 10.2 Å². The molecule has 2 aliphatic heterocycles. The van der Waals surface area contributed by atoms with E-state index >= 15 is 0 Å². The topological polar surface area (TPSA) is 123 Å². The van der Waals surface area contributed by atoms with Gasteiger partial charge in [-0.15, -0.1) is 10.2 Å². The van der Waals surface area contributed by atoms with Crippen molar-refractivity contribution in [1.82, 2.24) is 4.98 Å². The molecule has 15 heteroatoms. The normalized spacial score (nSPS) is 17.3. The van der Waals surface area contributed by atoms with Crippen molar-refractivity contribution in [3.05, 3.63) is 23.8 Å². The molecule has 3 heterocycles. The Bertz CT molecular complexity index is 1500. The van der Waals surface area contributed by atoms with Gasteiger partial charge < -0.3 is 19.1 Å². The molecule has 0 radical (unpaired) electrons. The fourth-order valence-corrected chi connectivity index (χ4v) is 6.35. The van der Waals surface area contributed by atoms with Gasteiger partial charge in [-0.25, -0.2) is 4.98 Å². The Kier molecular flexibility index (Phi) is 7.33. The molecule has 0 saturated heterocycles. The number of unbranched alkanes of at least 4 members (excludes halogenated alkanes) is 1. The zero-order chi connectivity index (χ0) is 27.9. The second-order valence-electron chi connectivity index (χ2n) is 9.23. The lowest BCUT2D eigenvalue weighted by Gasteiger charge is -2.39. The van der Waals surface area contributed by atoms with Gasteiger partial charge >= 0.3 is 6.18 Å². The van der Waals surface area contributed by atoms with Crippen molar-refractivity contribution in [3.63, 3.8) is 0 Å². The number of fused-ring (bicyclic) bond motifs is 3. The lowest BCUT2D eigenvalue weighted by molar-refractivity contribution is -0.153. The number of nitrogens with zero attached hydrogens (tertiary/aromatic N) is 4. The predicted molar refractivity (Wildman–Crippen MR) is 138 cm³/mol. The van der Waals surface area contributed by atoms with Crippen molar-refractivity contribution >= 4 is 48.2 Å². The summed E-state index contributed by atoms with van der Waals surface area (Å²) < 4.78 is 91.4. The first-order chi connectivity index (χ1) is 18.4. The molecule has 5 rings (SSSR count). The Morgan fingerprint density at radius 1 is 1.23 bits per heavy atom. The number of anilines is 1. The highest BCUT2D eigenvalue weighted by molar-refractivity contribution is 7.86. The summed E-state index contributed by atoms with van der Waals surface area (Å²) in [6.07, 6.45) is -2.38. The van der Waals surface area contributed by atoms with Crippen LogP contribution in [0.15, 0.2) is 33.3 Å². The second kappa shape index (κ2) is 10.4. The molecule has 39 heavy (non-hydrogen) atoms. The number of ether oxygens (including phenoxy) is 3. The summed E-state index contributed by atoms with van der Waals surface area (Å²) in [5.41, 5.74) is 0.572. The van der Waals surface area contributed by atoms with Gasteiger partial charge in [0, 0.05) is 36.3 Å². The molecule has 2 aromatic carbocycles. The zero-order valence-electron chi connectivity index (χ0n) is 21.0. The van der Waals surface area contributed by atoms with Crippen LogP contribution in [-0.4, -0.2) is 50.1 Å². The van der Waals surface area contributed by atoms with E-state index in [1.165, 1.54) is 0 Å². The minimum atomic E-state index is -4.84. The van der Waals surface area contributed by atoms with Gasteiger partial charge in [-0.2, -0.15) is 21.6 Å². The molecule has 1 N–H and O–H groups in total. The molecular formula is C24H25F3N4O6S2. The molecule has 1 atom stereocenters. The van der Waals surface area contributed by atoms with Crippen molar-refractivity contribution in [3.8, 4) is 17.2 Å². The fraction of sp³-hybridized carbons (Fsp3) is 0.458. The molecule has 210 valence electrons. The maximum atomic E-state index is 13.1. The molecule has 0 spiro atoms. The van der Waals surface area contributed by atoms with Crippen LogP contribution in [0.3, 0.4) is 0 Å². The lowest BCUT2D eigenvalue weighted by Crippen LogP contribution is -2.39. The number of aromatic nitrogens is 1. The number of benzene rings is 2. The van der Waals surface area contributed by atoms with Crippen LogP contribution in [0.5, 0.6) is 17.2 Å². The van der Waals surface area contributed by atoms with Crippen molar-refractivity contribution in [2.75, 3.05) is 24.8 Å². The third-order valence-electron chi connectivity index (χ3n) is 6.44. The van der Waals surface area contributed by atoms with Gasteiger partial charge in [0.15, 0.2) is 18.1 Å². The van der Waals surface area contributed by atoms with Gasteiger partial charge in [-0.1, -0.05) is 24.7 Å². The van der Waals surface area contributed by atoms with Crippen LogP contribution in [0, 0.1) is 0 Å². The standard InChI is InChI=1S/C24H25F3N4O6S2/c1-3-4-7-31-13(2)5-6-14-21(31)19(35-11-24(25,26)27)9-16(22(14)39(32,33)34)29-30-23-28-15-8-17-18(37-12-36-17)10-20(15)38-23/h8-10,13H,3-7,11-12H2,1-2H3,(H,32,33,34). The number of alkyl halides is 3. The van der Waals surface area contributed by atoms with Crippen molar-refractivity contribution in [1.29, 1.82) is 0 Å². The molecule has 0 saturated carbocycles. The highest BCUT2D eigenvalue weighted by atomic mass is 32.2. The maximum absolute atomic E-state index is 13.1. The first kappa shape index (κ1) is 27.4. The molecule has 0 aliphatic carbocycles. The molecule has 1 aromatic heterocycles. The molecular weight excluding hydrogens is 561 g/mol. The highest BCUT2D eigenvalue weighted by Crippen LogP contribution is 2.47. The molecule has 3 aromatic rings. The number of hydrogen-bond donors (Lipinski definition) is 1. The summed E-state index contributed by atoms with van der Waals surface area (Å²) in [6, 6.07) is 4.39. The SMILES string of the molecule is CCCCN1c2c(OCC(F)(F)F)cc(N=Nc3nc4cc5c(cc4s3)OCO5)c(S(=O)(=O)O)c2CCC1C. The third-order valence-corrected chi connectivity index (χ3v) is 8.32. The largest absolute Gasteiger partial charge is 0.482 e. The highest BCUT2D eigenvalue weighted by Gasteiger charge is 2.36. The Balaban J connectivity index is 1.62. The number of hydrogen-bond acceptors (Lipinski definition) is 10. The van der Waals surface area contributed by atoms with Crippen LogP contribution < -0.4 is 19.1 Å². The van der Waals surface area contributed by atoms with E-state index in [1.54, 1.807) is 12.1 Å². The van der Waals surface area contributed by atoms with Crippen molar-refractivity contribution in [2.45, 2.75) is 56.6 Å². The quantitative estimate of drug-likeness (QED) is 0.232. The number of azo groups is 1. The van der Waals surface area contributed by atoms with Crippen LogP contribution in [0.1, 0.15) is 38.7 Å². The Morgan fingerprint density at radius 2 is 1.97 bits per heavy atom. The molecule has 1 unspecified atom stereocenters. The van der Waals surface area contributed by atoms with E-state index in [-0.39, 0.29) is 47.1 Å². The second-order valence-corrected chi connectivity index (χ2v) is 11.6. The summed E-state index contributed by atoms with van der Waals surface area (Å²) in [5, 5.41) is 8.24. The molecule has 0 fully saturated rings. The Morgan fingerprint density at radius 3 is 2.67 bits per heavy atom. The van der Waals surface area contributed by atoms with Crippen LogP contribution in [-0.2, 0) is 16.5 Å². The van der Waals surface area contributed by atoms with Gasteiger partial charge in [-0.3, -0.25) is 4.55 Å². The summed E-state index contributed by atoms with van der Waals surface area (Å²) in [6.45, 7) is 2.88. The van der Waals surface area contributed by atoms with Gasteiger partial charge in [-0.05, 0) is 26.2 Å². The minimum absolute atomic E-state index is 0.0867. The van der Waals surface area contributed by atoms with E-state index in [2.05, 4.69) is 15.2 Å². The monoisotopic (exact) mass is 586 g/mol. The maximum Gasteiger partial charge on any atom is 0.422 e. The van der Waals surface area contributed by atoms with Gasteiger partial charge in [0.25, 0.3) is 10.1 Å². The smallest absolute Gasteiger partial charge is 0.422 e. The third kappa shape index (κ3) is 5.75. The first-order valence-electron chi connectivity index (χ1n) is 12.2. The molecule has 10 nitrogen and oxygen atoms in total. The van der Waals surface area contributed by atoms with E-state index in [0.717, 1.165) is 30.2 Å². The molecule has 0 amide bonds. The van der Waals surface area contributed by atoms with Gasteiger partial charge in [0.05, 0.1) is 15.9 Å². The summed E-state index contributed by atoms with van der Waals surface area (Å²) >= 11 is 1.14. The number of thiazole rings is 1. The van der Waals surface area contributed by atoms with Gasteiger partial charge in [0.2, 0.25) is 11.9 Å². The fourth-order valence-electron chi connectivity index (χ4n) is 4.68. The van der Waals surface area contributed by atoms with Crippen LogP contribution in [0.4, 0.5) is 29.7 Å². The lowest BCUT2D eigenvalue weighted by atomic mass is 9.94. The number of rotatable bonds is 8. The van der Waals surface area contributed by atoms with E-state index < -0.39 is 27.8 Å². The Hall–Kier alpha value is -3.17. The summed E-state index contributed by atoms with van der Waals surface area (Å²) in [5.74, 6) is 0.889. The molecule has 0 bridgehead atoms. The van der Waals surface area contributed by atoms with Crippen LogP contribution >= 0.6 is 11.3 Å². The van der Waals surface area contributed by atoms with E-state index in [0.29, 0.717) is 34.7 Å². The number of halogens is 3. The van der Waals surface area contributed by atoms with E-state index in [4.69, 9.17) is 14.2 Å². The first-order valence-corrected chi connectivity index (χ1v) is 14.5. The molecule has 2 aliphatic rings. The predicted octanol–water partition coefficient (Wildman–Crippen LogP) is 6.57. The van der Waals surface area contributed by atoms with E-state index in [1.807, 2.05) is 18.7 Å². The zero-order valence-corrected chi connectivity index (χ0v) is 22.6. The Labute approximate surface area is 226 Å². The van der Waals surface area contributed by atoms with E-state index in [9.17, 15) is 26.1 Å². The minimum Gasteiger partial charge on any atom is -0.482 e. The average molecular weight is 587 g/mol. The van der Waals surface area contributed by atoms with Crippen LogP contribution in [0.25, 0.3) is 10.2 Å². The summed E-state index contributed by atoms with van der Waals surface area (Å²) in [7, 11) is -4.84. The van der Waals surface area contributed by atoms with Crippen molar-refractivity contribution < 1.29 is 40.4 Å². The van der Waals surface area contributed by atoms with Gasteiger partial charge in [0.1, 0.15) is 16.3 Å². The summed E-state index contributed by atoms with van der Waals surface area (Å²) in [4.78, 5) is 5.68.